The molecule has 0 radical (unpaired) electrons. The highest BCUT2D eigenvalue weighted by Gasteiger charge is 2.86. The van der Waals surface area contributed by atoms with Gasteiger partial charge in [-0.1, -0.05) is 20.8 Å². The van der Waals surface area contributed by atoms with E-state index >= 15 is 0 Å². The van der Waals surface area contributed by atoms with Gasteiger partial charge in [-0.25, -0.2) is 0 Å². The molecule has 6 aliphatic rings. The SMILES string of the molecule is CC(CCC(O)(CO)C(C)(C)O)C1CCC2(C)C3CCC4C(C)(C(=O)O)C(OC5OC(CO)C(O)C(O)C5O)CC(O)C45CC35CCC12C. The number of aliphatic hydroxyl groups excluding tert-OH is 6. The third-order valence-electron chi connectivity index (χ3n) is 16.5. The van der Waals surface area contributed by atoms with Gasteiger partial charge in [-0.05, 0) is 118 Å². The number of carboxylic acid groups (broad SMARTS) is 1. The van der Waals surface area contributed by atoms with Crippen LogP contribution in [0.3, 0.4) is 0 Å². The first-order valence-corrected chi connectivity index (χ1v) is 18.6. The van der Waals surface area contributed by atoms with Gasteiger partial charge < -0.3 is 55.4 Å². The lowest BCUT2D eigenvalue weighted by molar-refractivity contribution is -0.330. The lowest BCUT2D eigenvalue weighted by atomic mass is 9.41. The van der Waals surface area contributed by atoms with Crippen molar-refractivity contribution in [1.82, 2.24) is 0 Å². The molecule has 2 spiro atoms. The van der Waals surface area contributed by atoms with Crippen LogP contribution >= 0.6 is 0 Å². The van der Waals surface area contributed by atoms with Crippen LogP contribution in [0.25, 0.3) is 0 Å². The summed E-state index contributed by atoms with van der Waals surface area (Å²) in [6.07, 6.45) is -2.43. The minimum Gasteiger partial charge on any atom is -0.481 e. The summed E-state index contributed by atoms with van der Waals surface area (Å²) in [5, 5.41) is 95.6. The van der Waals surface area contributed by atoms with Crippen molar-refractivity contribution in [2.75, 3.05) is 13.2 Å². The van der Waals surface area contributed by atoms with E-state index in [9.17, 15) is 50.8 Å². The molecule has 17 atom stereocenters. The van der Waals surface area contributed by atoms with Gasteiger partial charge in [-0.2, -0.15) is 0 Å². The number of rotatable bonds is 10. The molecule has 0 aromatic rings. The number of aliphatic carboxylic acids is 1. The molecule has 0 bridgehead atoms. The van der Waals surface area contributed by atoms with Crippen molar-refractivity contribution in [3.63, 3.8) is 0 Å². The molecule has 17 unspecified atom stereocenters. The van der Waals surface area contributed by atoms with Crippen LogP contribution < -0.4 is 0 Å². The van der Waals surface area contributed by atoms with E-state index in [2.05, 4.69) is 20.8 Å². The van der Waals surface area contributed by atoms with Gasteiger partial charge in [0.15, 0.2) is 6.29 Å². The first-order chi connectivity index (χ1) is 22.6. The Labute approximate surface area is 289 Å². The van der Waals surface area contributed by atoms with Crippen LogP contribution in [0.1, 0.15) is 106 Å². The van der Waals surface area contributed by atoms with Gasteiger partial charge in [0.25, 0.3) is 0 Å². The molecule has 1 aliphatic heterocycles. The Bertz CT molecular complexity index is 1270. The Morgan fingerprint density at radius 2 is 1.57 bits per heavy atom. The fourth-order valence-corrected chi connectivity index (χ4v) is 13.1. The molecule has 12 nitrogen and oxygen atoms in total. The summed E-state index contributed by atoms with van der Waals surface area (Å²) in [4.78, 5) is 13.3. The molecule has 5 saturated carbocycles. The Kier molecular flexibility index (Phi) is 9.30. The average molecular weight is 699 g/mol. The monoisotopic (exact) mass is 698 g/mol. The van der Waals surface area contributed by atoms with E-state index in [0.29, 0.717) is 31.1 Å². The van der Waals surface area contributed by atoms with E-state index in [1.165, 1.54) is 13.8 Å². The largest absolute Gasteiger partial charge is 0.481 e. The average Bonchev–Trinajstić information content (AvgIpc) is 3.66. The summed E-state index contributed by atoms with van der Waals surface area (Å²) in [6.45, 7) is 10.6. The Morgan fingerprint density at radius 3 is 2.16 bits per heavy atom. The van der Waals surface area contributed by atoms with Crippen molar-refractivity contribution in [2.45, 2.75) is 160 Å². The highest BCUT2D eigenvalue weighted by atomic mass is 16.7. The molecule has 49 heavy (non-hydrogen) atoms. The number of aliphatic hydroxyl groups is 8. The maximum absolute atomic E-state index is 13.3. The normalized spacial score (nSPS) is 52.6. The van der Waals surface area contributed by atoms with Crippen LogP contribution in [-0.2, 0) is 14.3 Å². The maximum Gasteiger partial charge on any atom is 0.312 e. The highest BCUT2D eigenvalue weighted by Crippen LogP contribution is 2.89. The molecule has 9 N–H and O–H groups in total. The van der Waals surface area contributed by atoms with Crippen LogP contribution in [0.4, 0.5) is 0 Å². The molecule has 282 valence electrons. The molecule has 6 rings (SSSR count). The lowest BCUT2D eigenvalue weighted by Crippen LogP contribution is -2.66. The number of carboxylic acids is 1. The van der Waals surface area contributed by atoms with Crippen molar-refractivity contribution in [3.8, 4) is 0 Å². The zero-order valence-corrected chi connectivity index (χ0v) is 30.1. The standard InChI is InChI=1S/C37H62O12/c1-19(9-12-36(47,18-39)31(2,3)46)20-10-11-33(5)22-7-8-23-34(6,30(44)45)25(49-29-28(43)27(42)26(41)21(16-38)48-29)15-24(40)37(23)17-35(22,37)14-13-32(20,33)4/h19-29,38-43,46-47H,7-18H2,1-6H3,(H,44,45). The molecule has 0 aromatic heterocycles. The van der Waals surface area contributed by atoms with Crippen LogP contribution in [0, 0.1) is 50.7 Å². The minimum atomic E-state index is -1.67. The molecule has 5 aliphatic carbocycles. The maximum atomic E-state index is 13.3. The predicted molar refractivity (Wildman–Crippen MR) is 176 cm³/mol. The second-order valence-electron chi connectivity index (χ2n) is 18.5. The van der Waals surface area contributed by atoms with Gasteiger partial charge in [-0.15, -0.1) is 0 Å². The van der Waals surface area contributed by atoms with Crippen LogP contribution in [0.2, 0.25) is 0 Å². The Hall–Kier alpha value is -0.930. The van der Waals surface area contributed by atoms with Crippen molar-refractivity contribution < 1.29 is 60.2 Å². The summed E-state index contributed by atoms with van der Waals surface area (Å²) in [5.74, 6) is -0.511. The van der Waals surface area contributed by atoms with E-state index in [-0.39, 0.29) is 28.6 Å². The van der Waals surface area contributed by atoms with E-state index in [1.807, 2.05) is 0 Å². The van der Waals surface area contributed by atoms with Crippen LogP contribution in [0.5, 0.6) is 0 Å². The predicted octanol–water partition coefficient (Wildman–Crippen LogP) is 1.56. The van der Waals surface area contributed by atoms with Gasteiger partial charge in [-0.3, -0.25) is 4.79 Å². The quantitative estimate of drug-likeness (QED) is 0.149. The third kappa shape index (κ3) is 4.94. The first kappa shape index (κ1) is 37.8. The lowest BCUT2D eigenvalue weighted by Gasteiger charge is -2.64. The summed E-state index contributed by atoms with van der Waals surface area (Å²) < 4.78 is 11.8. The van der Waals surface area contributed by atoms with Crippen molar-refractivity contribution in [1.29, 1.82) is 0 Å². The second-order valence-corrected chi connectivity index (χ2v) is 18.5. The summed E-state index contributed by atoms with van der Waals surface area (Å²) in [5.41, 5.74) is -5.28. The van der Waals surface area contributed by atoms with E-state index in [0.717, 1.165) is 38.5 Å². The van der Waals surface area contributed by atoms with E-state index < -0.39 is 90.0 Å². The fraction of sp³-hybridized carbons (Fsp3) is 0.973. The fourth-order valence-electron chi connectivity index (χ4n) is 13.1. The Balaban J connectivity index is 1.24. The number of hydrogen-bond donors (Lipinski definition) is 9. The number of carbonyl (C=O) groups is 1. The summed E-state index contributed by atoms with van der Waals surface area (Å²) in [7, 11) is 0. The molecule has 1 heterocycles. The van der Waals surface area contributed by atoms with E-state index in [4.69, 9.17) is 9.47 Å². The minimum absolute atomic E-state index is 0.00448. The number of ether oxygens (including phenoxy) is 2. The molecular formula is C37H62O12. The van der Waals surface area contributed by atoms with Crippen molar-refractivity contribution in [3.05, 3.63) is 0 Å². The third-order valence-corrected chi connectivity index (χ3v) is 16.5. The van der Waals surface area contributed by atoms with Gasteiger partial charge in [0.05, 0.1) is 36.4 Å². The highest BCUT2D eigenvalue weighted by molar-refractivity contribution is 5.76. The number of fused-ring (bicyclic) bond motifs is 2. The van der Waals surface area contributed by atoms with Gasteiger partial charge in [0.1, 0.15) is 30.0 Å². The van der Waals surface area contributed by atoms with Crippen molar-refractivity contribution in [2.24, 2.45) is 50.7 Å². The first-order valence-electron chi connectivity index (χ1n) is 18.6. The molecule has 6 fully saturated rings. The van der Waals surface area contributed by atoms with Gasteiger partial charge >= 0.3 is 5.97 Å². The Morgan fingerprint density at radius 1 is 0.918 bits per heavy atom. The van der Waals surface area contributed by atoms with Crippen LogP contribution in [0.15, 0.2) is 0 Å². The molecule has 0 amide bonds. The number of hydrogen-bond acceptors (Lipinski definition) is 11. The van der Waals surface area contributed by atoms with Gasteiger partial charge in [0, 0.05) is 11.8 Å². The molecule has 1 saturated heterocycles. The smallest absolute Gasteiger partial charge is 0.312 e. The molecular weight excluding hydrogens is 636 g/mol. The zero-order valence-electron chi connectivity index (χ0n) is 30.1. The van der Waals surface area contributed by atoms with Gasteiger partial charge in [0.2, 0.25) is 0 Å². The zero-order chi connectivity index (χ0) is 36.3. The van der Waals surface area contributed by atoms with Crippen LogP contribution in [-0.4, -0.2) is 119 Å². The van der Waals surface area contributed by atoms with Crippen molar-refractivity contribution >= 4 is 5.97 Å². The topological polar surface area (TPSA) is 218 Å². The summed E-state index contributed by atoms with van der Waals surface area (Å²) in [6, 6.07) is 0. The van der Waals surface area contributed by atoms with E-state index in [1.54, 1.807) is 6.92 Å². The molecule has 0 aromatic carbocycles. The second kappa shape index (κ2) is 12.0. The summed E-state index contributed by atoms with van der Waals surface area (Å²) >= 11 is 0. The molecule has 12 heteroatoms.